The van der Waals surface area contributed by atoms with E-state index in [1.54, 1.807) is 18.2 Å². The quantitative estimate of drug-likeness (QED) is 0.303. The topological polar surface area (TPSA) is 162 Å². The Morgan fingerprint density at radius 2 is 1.85 bits per heavy atom. The number of phenols is 1. The van der Waals surface area contributed by atoms with Crippen LogP contribution in [0.15, 0.2) is 24.3 Å². The number of nitrogens with two attached hydrogens (primary N) is 1. The lowest BCUT2D eigenvalue weighted by Crippen LogP contribution is -2.56. The average Bonchev–Trinajstić information content (AvgIpc) is 3.26. The van der Waals surface area contributed by atoms with Crippen molar-refractivity contribution in [2.75, 3.05) is 6.54 Å². The minimum absolute atomic E-state index is 0.00536. The Balaban J connectivity index is 1.73. The zero-order chi connectivity index (χ0) is 23.8. The first-order valence-corrected chi connectivity index (χ1v) is 11.5. The van der Waals surface area contributed by atoms with Crippen molar-refractivity contribution >= 4 is 23.8 Å². The Labute approximate surface area is 191 Å². The van der Waals surface area contributed by atoms with Crippen molar-refractivity contribution in [3.63, 3.8) is 0 Å². The molecule has 4 amide bonds. The number of urea groups is 1. The summed E-state index contributed by atoms with van der Waals surface area (Å²) in [6.07, 6.45) is 4.56. The van der Waals surface area contributed by atoms with Gasteiger partial charge in [0.15, 0.2) is 0 Å². The molecule has 3 aliphatic rings. The Bertz CT molecular complexity index is 962. The third-order valence-corrected chi connectivity index (χ3v) is 7.33. The molecule has 2 saturated heterocycles. The molecule has 4 atom stereocenters. The van der Waals surface area contributed by atoms with E-state index in [4.69, 9.17) is 5.73 Å². The molecule has 6 N–H and O–H groups in total. The molecule has 4 unspecified atom stereocenters. The van der Waals surface area contributed by atoms with E-state index in [1.165, 1.54) is 11.0 Å². The van der Waals surface area contributed by atoms with E-state index in [-0.39, 0.29) is 37.1 Å². The first-order chi connectivity index (χ1) is 15.8. The Morgan fingerprint density at radius 1 is 1.15 bits per heavy atom. The summed E-state index contributed by atoms with van der Waals surface area (Å²) in [5, 5.41) is 26.3. The van der Waals surface area contributed by atoms with Gasteiger partial charge in [-0.05, 0) is 31.7 Å². The molecule has 10 nitrogen and oxygen atoms in total. The van der Waals surface area contributed by atoms with Crippen LogP contribution in [0.5, 0.6) is 5.75 Å². The van der Waals surface area contributed by atoms with Gasteiger partial charge >= 0.3 is 12.0 Å². The van der Waals surface area contributed by atoms with E-state index in [0.717, 1.165) is 19.3 Å². The standard InChI is InChI=1S/C23H30N4O6/c24-22(33)25-12-6-11-23(21(31)32)17-16(18(26-23)14-9-4-5-10-15(14)28)19(29)27(20(17)30)13-7-2-1-3-8-13/h4-5,9-10,13,16-18,26,28H,1-3,6-8,11-12H2,(H,31,32)(H3,24,25,33). The number of carboxylic acids is 1. The van der Waals surface area contributed by atoms with Crippen LogP contribution in [0.25, 0.3) is 0 Å². The van der Waals surface area contributed by atoms with E-state index in [1.807, 2.05) is 0 Å². The smallest absolute Gasteiger partial charge is 0.324 e. The molecule has 0 bridgehead atoms. The summed E-state index contributed by atoms with van der Waals surface area (Å²) in [6.45, 7) is 0.138. The van der Waals surface area contributed by atoms with E-state index >= 15 is 0 Å². The van der Waals surface area contributed by atoms with E-state index < -0.39 is 41.3 Å². The Kier molecular flexibility index (Phi) is 6.29. The highest BCUT2D eigenvalue weighted by molar-refractivity contribution is 6.09. The second-order valence-corrected chi connectivity index (χ2v) is 9.19. The monoisotopic (exact) mass is 458 g/mol. The summed E-state index contributed by atoms with van der Waals surface area (Å²) >= 11 is 0. The van der Waals surface area contributed by atoms with Gasteiger partial charge in [0, 0.05) is 24.2 Å². The molecule has 4 rings (SSSR count). The average molecular weight is 459 g/mol. The van der Waals surface area contributed by atoms with E-state index in [2.05, 4.69) is 10.6 Å². The highest BCUT2D eigenvalue weighted by atomic mass is 16.4. The predicted molar refractivity (Wildman–Crippen MR) is 117 cm³/mol. The number of nitrogens with one attached hydrogen (secondary N) is 2. The van der Waals surface area contributed by atoms with Crippen LogP contribution in [0.1, 0.15) is 56.6 Å². The molecule has 0 aromatic heterocycles. The molecular formula is C23H30N4O6. The number of hydrogen-bond donors (Lipinski definition) is 5. The summed E-state index contributed by atoms with van der Waals surface area (Å²) in [7, 11) is 0. The summed E-state index contributed by atoms with van der Waals surface area (Å²) in [5.74, 6) is -4.19. The number of amides is 4. The zero-order valence-electron chi connectivity index (χ0n) is 18.3. The largest absolute Gasteiger partial charge is 0.508 e. The molecule has 10 heteroatoms. The molecular weight excluding hydrogens is 428 g/mol. The maximum atomic E-state index is 13.7. The number of carbonyl (C=O) groups excluding carboxylic acids is 3. The minimum Gasteiger partial charge on any atom is -0.508 e. The van der Waals surface area contributed by atoms with Crippen LogP contribution in [0.2, 0.25) is 0 Å². The summed E-state index contributed by atoms with van der Waals surface area (Å²) in [6, 6.07) is 4.67. The molecule has 1 aromatic rings. The number of phenolic OH excluding ortho intramolecular Hbond substituents is 1. The van der Waals surface area contributed by atoms with Crippen molar-refractivity contribution < 1.29 is 29.4 Å². The SMILES string of the molecule is NC(=O)NCCCC1(C(=O)O)NC(c2ccccc2O)C2C(=O)N(C3CCCCC3)C(=O)C21. The maximum Gasteiger partial charge on any atom is 0.324 e. The van der Waals surface area contributed by atoms with Gasteiger partial charge in [0.05, 0.1) is 11.8 Å². The van der Waals surface area contributed by atoms with Crippen LogP contribution < -0.4 is 16.4 Å². The summed E-state index contributed by atoms with van der Waals surface area (Å²) in [5.41, 5.74) is 3.78. The fourth-order valence-electron chi connectivity index (χ4n) is 5.85. The van der Waals surface area contributed by atoms with Gasteiger partial charge in [0.1, 0.15) is 11.3 Å². The van der Waals surface area contributed by atoms with Crippen molar-refractivity contribution in [3.8, 4) is 5.75 Å². The third-order valence-electron chi connectivity index (χ3n) is 7.33. The maximum absolute atomic E-state index is 13.7. The molecule has 1 aromatic carbocycles. The number of para-hydroxylation sites is 1. The molecule has 1 aliphatic carbocycles. The lowest BCUT2D eigenvalue weighted by atomic mass is 9.77. The number of hydrogen-bond acceptors (Lipinski definition) is 6. The number of nitrogens with zero attached hydrogens (tertiary/aromatic N) is 1. The van der Waals surface area contributed by atoms with Crippen molar-refractivity contribution in [1.29, 1.82) is 0 Å². The van der Waals surface area contributed by atoms with Crippen LogP contribution >= 0.6 is 0 Å². The highest BCUT2D eigenvalue weighted by Gasteiger charge is 2.69. The molecule has 3 fully saturated rings. The molecule has 33 heavy (non-hydrogen) atoms. The van der Waals surface area contributed by atoms with Gasteiger partial charge < -0.3 is 21.3 Å². The van der Waals surface area contributed by atoms with E-state index in [0.29, 0.717) is 18.4 Å². The lowest BCUT2D eigenvalue weighted by molar-refractivity contribution is -0.153. The van der Waals surface area contributed by atoms with Gasteiger partial charge in [-0.1, -0.05) is 37.5 Å². The van der Waals surface area contributed by atoms with Gasteiger partial charge in [-0.15, -0.1) is 0 Å². The number of benzene rings is 1. The first-order valence-electron chi connectivity index (χ1n) is 11.5. The first kappa shape index (κ1) is 23.0. The van der Waals surface area contributed by atoms with Crippen molar-refractivity contribution in [3.05, 3.63) is 29.8 Å². The van der Waals surface area contributed by atoms with Crippen LogP contribution in [0, 0.1) is 11.8 Å². The number of rotatable bonds is 7. The number of primary amides is 1. The normalized spacial score (nSPS) is 29.8. The Morgan fingerprint density at radius 3 is 2.48 bits per heavy atom. The van der Waals surface area contributed by atoms with Gasteiger partial charge in [0.2, 0.25) is 11.8 Å². The van der Waals surface area contributed by atoms with Crippen LogP contribution in [-0.4, -0.2) is 57.1 Å². The summed E-state index contributed by atoms with van der Waals surface area (Å²) < 4.78 is 0. The number of imide groups is 1. The van der Waals surface area contributed by atoms with Crippen molar-refractivity contribution in [1.82, 2.24) is 15.5 Å². The number of carbonyl (C=O) groups is 4. The van der Waals surface area contributed by atoms with Crippen molar-refractivity contribution in [2.24, 2.45) is 17.6 Å². The number of aromatic hydroxyl groups is 1. The van der Waals surface area contributed by atoms with Gasteiger partial charge in [0.25, 0.3) is 0 Å². The molecule has 2 aliphatic heterocycles. The van der Waals surface area contributed by atoms with Crippen LogP contribution in [0.3, 0.4) is 0 Å². The van der Waals surface area contributed by atoms with E-state index in [9.17, 15) is 29.4 Å². The fraction of sp³-hybridized carbons (Fsp3) is 0.565. The third kappa shape index (κ3) is 3.92. The number of aliphatic carboxylic acids is 1. The van der Waals surface area contributed by atoms with Crippen molar-refractivity contribution in [2.45, 2.75) is 62.6 Å². The molecule has 0 spiro atoms. The second-order valence-electron chi connectivity index (χ2n) is 9.19. The van der Waals surface area contributed by atoms with Gasteiger partial charge in [-0.25, -0.2) is 4.79 Å². The molecule has 1 saturated carbocycles. The fourth-order valence-corrected chi connectivity index (χ4v) is 5.85. The highest BCUT2D eigenvalue weighted by Crippen LogP contribution is 2.52. The number of likely N-dealkylation sites (tertiary alicyclic amines) is 1. The van der Waals surface area contributed by atoms with Crippen LogP contribution in [-0.2, 0) is 14.4 Å². The van der Waals surface area contributed by atoms with Gasteiger partial charge in [-0.2, -0.15) is 0 Å². The Hall–Kier alpha value is -3.14. The molecule has 0 radical (unpaired) electrons. The second kappa shape index (κ2) is 9.01. The number of carboxylic acid groups (broad SMARTS) is 1. The van der Waals surface area contributed by atoms with Gasteiger partial charge in [-0.3, -0.25) is 24.6 Å². The summed E-state index contributed by atoms with van der Waals surface area (Å²) in [4.78, 5) is 52.3. The molecule has 2 heterocycles. The zero-order valence-corrected chi connectivity index (χ0v) is 18.3. The lowest BCUT2D eigenvalue weighted by Gasteiger charge is -2.34. The predicted octanol–water partition coefficient (Wildman–Crippen LogP) is 1.24. The molecule has 178 valence electrons. The minimum atomic E-state index is -1.72. The van der Waals surface area contributed by atoms with Crippen LogP contribution in [0.4, 0.5) is 4.79 Å². The number of fused-ring (bicyclic) bond motifs is 1.